The molecular formula is C75H126N2O7P+. The molecule has 3 atom stereocenters. The monoisotopic (exact) mass is 1200 g/mol. The normalized spacial score (nSPS) is 14.6. The molecule has 0 radical (unpaired) electrons. The van der Waals surface area contributed by atoms with Crippen LogP contribution in [0, 0.1) is 0 Å². The van der Waals surface area contributed by atoms with Crippen molar-refractivity contribution in [2.75, 3.05) is 40.9 Å². The van der Waals surface area contributed by atoms with Gasteiger partial charge < -0.3 is 19.4 Å². The Balaban J connectivity index is 5.21. The molecule has 0 aliphatic heterocycles. The molecule has 0 aliphatic carbocycles. The topological polar surface area (TPSA) is 111 Å². The third-order valence-corrected chi connectivity index (χ3v) is 14.9. The van der Waals surface area contributed by atoms with Crippen LogP contribution in [0.25, 0.3) is 0 Å². The van der Waals surface area contributed by atoms with Gasteiger partial charge in [-0.1, -0.05) is 263 Å². The first kappa shape index (κ1) is 80.6. The SMILES string of the molecule is CC/C=C\C/C=C\C/C=C\C/C=C\C/C=C\C/C=C\CCCCCCCCC(=O)OC(/C=C/CCCCCCCCCCC)C(COP(=O)(O)OCC[N+](C)(C)C)NC(=O)CCCCCC/C=C\C/C=C\C/C=C\C/C=C\C/C=C\C/C=C\CC. The summed E-state index contributed by atoms with van der Waals surface area (Å²) in [6.07, 6.45) is 92.5. The molecule has 0 spiro atoms. The predicted octanol–water partition coefficient (Wildman–Crippen LogP) is 21.6. The zero-order valence-corrected chi connectivity index (χ0v) is 55.9. The lowest BCUT2D eigenvalue weighted by molar-refractivity contribution is -0.870. The Morgan fingerprint density at radius 1 is 0.424 bits per heavy atom. The fourth-order valence-corrected chi connectivity index (χ4v) is 9.56. The van der Waals surface area contributed by atoms with Crippen molar-refractivity contribution < 1.29 is 37.3 Å². The van der Waals surface area contributed by atoms with E-state index in [4.69, 9.17) is 13.8 Å². The number of amides is 1. The Labute approximate surface area is 522 Å². The van der Waals surface area contributed by atoms with Gasteiger partial charge in [0.2, 0.25) is 5.91 Å². The van der Waals surface area contributed by atoms with E-state index >= 15 is 0 Å². The van der Waals surface area contributed by atoms with E-state index in [0.717, 1.165) is 161 Å². The number of quaternary nitrogens is 1. The molecule has 0 rings (SSSR count). The van der Waals surface area contributed by atoms with Crippen LogP contribution in [0.5, 0.6) is 0 Å². The van der Waals surface area contributed by atoms with E-state index in [-0.39, 0.29) is 37.9 Å². The van der Waals surface area contributed by atoms with Crippen LogP contribution in [-0.2, 0) is 27.9 Å². The van der Waals surface area contributed by atoms with Crippen LogP contribution in [0.2, 0.25) is 0 Å². The number of nitrogens with zero attached hydrogens (tertiary/aromatic N) is 1. The first-order valence-electron chi connectivity index (χ1n) is 33.8. The number of unbranched alkanes of at least 4 members (excludes halogenated alkanes) is 19. The molecule has 0 aromatic rings. The van der Waals surface area contributed by atoms with Gasteiger partial charge >= 0.3 is 13.8 Å². The van der Waals surface area contributed by atoms with Gasteiger partial charge in [-0.2, -0.15) is 0 Å². The Hall–Kier alpha value is -4.37. The first-order valence-corrected chi connectivity index (χ1v) is 35.3. The summed E-state index contributed by atoms with van der Waals surface area (Å²) in [6, 6.07) is -0.882. The molecule has 0 heterocycles. The van der Waals surface area contributed by atoms with Crippen LogP contribution in [0.3, 0.4) is 0 Å². The lowest BCUT2D eigenvalue weighted by Gasteiger charge is -2.27. The highest BCUT2D eigenvalue weighted by Crippen LogP contribution is 2.43. The minimum Gasteiger partial charge on any atom is -0.456 e. The minimum absolute atomic E-state index is 0.0227. The van der Waals surface area contributed by atoms with E-state index in [1.165, 1.54) is 44.9 Å². The van der Waals surface area contributed by atoms with Crippen LogP contribution < -0.4 is 5.32 Å². The van der Waals surface area contributed by atoms with E-state index in [0.29, 0.717) is 23.9 Å². The Morgan fingerprint density at radius 2 is 0.753 bits per heavy atom. The number of nitrogens with one attached hydrogen (secondary N) is 1. The van der Waals surface area contributed by atoms with Crippen molar-refractivity contribution in [3.63, 3.8) is 0 Å². The number of likely N-dealkylation sites (N-methyl/N-ethyl adjacent to an activating group) is 1. The van der Waals surface area contributed by atoms with E-state index in [9.17, 15) is 19.0 Å². The molecule has 2 N–H and O–H groups in total. The second kappa shape index (κ2) is 62.7. The van der Waals surface area contributed by atoms with Crippen molar-refractivity contribution in [2.24, 2.45) is 0 Å². The molecular weight excluding hydrogens is 1070 g/mol. The molecule has 10 heteroatoms. The second-order valence-corrected chi connectivity index (χ2v) is 24.7. The van der Waals surface area contributed by atoms with Gasteiger partial charge in [0.1, 0.15) is 19.3 Å². The third-order valence-electron chi connectivity index (χ3n) is 14.0. The van der Waals surface area contributed by atoms with Crippen molar-refractivity contribution in [3.8, 4) is 0 Å². The highest BCUT2D eigenvalue weighted by molar-refractivity contribution is 7.47. The fraction of sp³-hybridized carbons (Fsp3) is 0.627. The van der Waals surface area contributed by atoms with Crippen molar-refractivity contribution >= 4 is 19.7 Å². The maximum absolute atomic E-state index is 13.6. The average molecular weight is 1200 g/mol. The molecule has 0 saturated heterocycles. The quantitative estimate of drug-likeness (QED) is 0.0205. The van der Waals surface area contributed by atoms with Crippen LogP contribution >= 0.6 is 7.82 Å². The molecule has 0 aromatic heterocycles. The summed E-state index contributed by atoms with van der Waals surface area (Å²) in [5, 5.41) is 3.04. The zero-order valence-electron chi connectivity index (χ0n) is 55.0. The van der Waals surface area contributed by atoms with Crippen molar-refractivity contribution in [3.05, 3.63) is 158 Å². The number of phosphoric acid groups is 1. The Morgan fingerprint density at radius 3 is 1.13 bits per heavy atom. The van der Waals surface area contributed by atoms with Crippen LogP contribution in [0.1, 0.15) is 252 Å². The maximum Gasteiger partial charge on any atom is 0.472 e. The molecule has 9 nitrogen and oxygen atoms in total. The van der Waals surface area contributed by atoms with Crippen molar-refractivity contribution in [1.82, 2.24) is 5.32 Å². The largest absolute Gasteiger partial charge is 0.472 e. The summed E-state index contributed by atoms with van der Waals surface area (Å²) in [4.78, 5) is 37.8. The molecule has 0 fully saturated rings. The summed E-state index contributed by atoms with van der Waals surface area (Å²) in [5.74, 6) is -0.564. The third kappa shape index (κ3) is 63.9. The van der Waals surface area contributed by atoms with E-state index in [1.807, 2.05) is 33.3 Å². The minimum atomic E-state index is -4.48. The van der Waals surface area contributed by atoms with Gasteiger partial charge in [0, 0.05) is 12.8 Å². The molecule has 85 heavy (non-hydrogen) atoms. The number of carbonyl (C=O) groups is 2. The standard InChI is InChI=1S/C75H125N2O7P/c1-7-10-13-16-19-22-25-27-29-31-33-35-37-38-40-42-44-46-48-50-53-56-59-62-65-68-75(79)84-73(66-63-60-57-54-51-24-21-18-15-12-9-3)72(71-83-85(80,81)82-70-69-77(4,5)6)76-74(78)67-64-61-58-55-52-49-47-45-43-41-39-36-34-32-30-28-26-23-20-17-14-11-8-2/h10-11,13-14,19-20,22-23,27-30,33-36,38,40-41,43-44,46-47,49,63,66,72-73H,7-9,12,15-18,21,24-26,31-32,37,39,42,45,48,50-62,64-65,67-71H2,1-6H3,(H-,76,78,80,81)/p+1/b13-10-,14-11-,22-19-,23-20-,29-27-,30-28-,35-33-,36-34-,40-38-,43-41-,46-44-,49-47-,66-63+. The van der Waals surface area contributed by atoms with Gasteiger partial charge in [-0.15, -0.1) is 0 Å². The summed E-state index contributed by atoms with van der Waals surface area (Å²) >= 11 is 0. The first-order chi connectivity index (χ1) is 41.4. The van der Waals surface area contributed by atoms with Crippen LogP contribution in [-0.4, -0.2) is 74.3 Å². The van der Waals surface area contributed by atoms with E-state index in [2.05, 4.69) is 172 Å². The predicted molar refractivity (Wildman–Crippen MR) is 368 cm³/mol. The number of rotatable bonds is 59. The van der Waals surface area contributed by atoms with Gasteiger partial charge in [-0.3, -0.25) is 18.6 Å². The van der Waals surface area contributed by atoms with Gasteiger partial charge in [0.25, 0.3) is 0 Å². The van der Waals surface area contributed by atoms with Gasteiger partial charge in [-0.25, -0.2) is 4.57 Å². The number of phosphoric ester groups is 1. The van der Waals surface area contributed by atoms with Crippen molar-refractivity contribution in [2.45, 2.75) is 264 Å². The second-order valence-electron chi connectivity index (χ2n) is 23.2. The summed E-state index contributed by atoms with van der Waals surface area (Å²) < 4.78 is 30.7. The van der Waals surface area contributed by atoms with E-state index < -0.39 is 20.0 Å². The average Bonchev–Trinajstić information content (AvgIpc) is 3.58. The number of ether oxygens (including phenoxy) is 1. The molecule has 0 bridgehead atoms. The molecule has 1 amide bonds. The smallest absolute Gasteiger partial charge is 0.456 e. The van der Waals surface area contributed by atoms with Crippen LogP contribution in [0.4, 0.5) is 0 Å². The van der Waals surface area contributed by atoms with E-state index in [1.54, 1.807) is 0 Å². The maximum atomic E-state index is 13.6. The molecule has 0 aliphatic rings. The number of allylic oxidation sites excluding steroid dienone is 25. The van der Waals surface area contributed by atoms with Gasteiger partial charge in [0.15, 0.2) is 0 Å². The number of esters is 1. The summed E-state index contributed by atoms with van der Waals surface area (Å²) in [7, 11) is 1.44. The molecule has 0 saturated carbocycles. The summed E-state index contributed by atoms with van der Waals surface area (Å²) in [6.45, 7) is 6.73. The number of hydrogen-bond donors (Lipinski definition) is 2. The molecule has 482 valence electrons. The highest BCUT2D eigenvalue weighted by atomic mass is 31.2. The molecule has 3 unspecified atom stereocenters. The zero-order chi connectivity index (χ0) is 62.1. The molecule has 0 aromatic carbocycles. The van der Waals surface area contributed by atoms with Gasteiger partial charge in [-0.05, 0) is 134 Å². The summed E-state index contributed by atoms with van der Waals surface area (Å²) in [5.41, 5.74) is 0. The lowest BCUT2D eigenvalue weighted by atomic mass is 10.1. The number of hydrogen-bond acceptors (Lipinski definition) is 6. The number of carbonyl (C=O) groups excluding carboxylic acids is 2. The van der Waals surface area contributed by atoms with Crippen LogP contribution in [0.15, 0.2) is 158 Å². The highest BCUT2D eigenvalue weighted by Gasteiger charge is 2.30. The lowest BCUT2D eigenvalue weighted by Crippen LogP contribution is -2.47. The Bertz CT molecular complexity index is 2010. The Kier molecular flexibility index (Phi) is 59.5. The fourth-order valence-electron chi connectivity index (χ4n) is 8.83. The van der Waals surface area contributed by atoms with Gasteiger partial charge in [0.05, 0.1) is 33.8 Å². The van der Waals surface area contributed by atoms with Crippen molar-refractivity contribution in [1.29, 1.82) is 0 Å².